The van der Waals surface area contributed by atoms with Crippen LogP contribution in [0.25, 0.3) is 0 Å². The number of amides is 2. The van der Waals surface area contributed by atoms with Gasteiger partial charge >= 0.3 is 12.3 Å². The van der Waals surface area contributed by atoms with Crippen molar-refractivity contribution in [1.29, 1.82) is 0 Å². The van der Waals surface area contributed by atoms with Crippen LogP contribution in [0.15, 0.2) is 24.3 Å². The van der Waals surface area contributed by atoms with Gasteiger partial charge in [0.2, 0.25) is 5.91 Å². The van der Waals surface area contributed by atoms with E-state index in [4.69, 9.17) is 24.6 Å². The summed E-state index contributed by atoms with van der Waals surface area (Å²) in [7, 11) is -2.96. The first-order valence-corrected chi connectivity index (χ1v) is 13.5. The van der Waals surface area contributed by atoms with Gasteiger partial charge in [0.25, 0.3) is 0 Å². The number of carbonyl (C=O) groups excluding carboxylic acids is 2. The Morgan fingerprint density at radius 1 is 1.12 bits per heavy atom. The summed E-state index contributed by atoms with van der Waals surface area (Å²) < 4.78 is 147. The minimum absolute atomic E-state index is 0.0417. The molecule has 1 saturated carbocycles. The zero-order valence-corrected chi connectivity index (χ0v) is 23.6. The number of alkyl halides is 3. The smallest absolute Gasteiger partial charge is 0.433 e. The van der Waals surface area contributed by atoms with Crippen LogP contribution in [0, 0.1) is 6.92 Å². The van der Waals surface area contributed by atoms with Gasteiger partial charge in [-0.2, -0.15) is 18.3 Å². The van der Waals surface area contributed by atoms with Crippen LogP contribution in [-0.2, 0) is 22.3 Å². The van der Waals surface area contributed by atoms with Crippen LogP contribution < -0.4 is 4.74 Å². The molecule has 2 saturated heterocycles. The predicted octanol–water partition coefficient (Wildman–Crippen LogP) is 4.99. The molecule has 2 aromatic rings. The molecule has 0 radical (unpaired) electrons. The van der Waals surface area contributed by atoms with Gasteiger partial charge in [0.1, 0.15) is 23.6 Å². The lowest BCUT2D eigenvalue weighted by molar-refractivity contribution is -0.146. The number of hydrogen-bond acceptors (Lipinski definition) is 6. The van der Waals surface area contributed by atoms with Gasteiger partial charge in [-0.1, -0.05) is 12.1 Å². The summed E-state index contributed by atoms with van der Waals surface area (Å²) in [6, 6.07) is 1.68. The summed E-state index contributed by atoms with van der Waals surface area (Å²) >= 11 is 0. The highest BCUT2D eigenvalue weighted by Crippen LogP contribution is 2.43. The van der Waals surface area contributed by atoms with Crippen LogP contribution in [-0.4, -0.2) is 87.7 Å². The fourth-order valence-electron chi connectivity index (χ4n) is 5.18. The Morgan fingerprint density at radius 2 is 1.83 bits per heavy atom. The Labute approximate surface area is 260 Å². The lowest BCUT2D eigenvalue weighted by Crippen LogP contribution is -2.54. The first kappa shape index (κ1) is 19.1. The van der Waals surface area contributed by atoms with Gasteiger partial charge in [-0.05, 0) is 70.2 Å². The van der Waals surface area contributed by atoms with Crippen LogP contribution in [0.4, 0.5) is 18.0 Å². The van der Waals surface area contributed by atoms with Gasteiger partial charge in [-0.15, -0.1) is 0 Å². The predicted molar refractivity (Wildman–Crippen MR) is 149 cm³/mol. The van der Waals surface area contributed by atoms with Crippen molar-refractivity contribution in [3.63, 3.8) is 0 Å². The van der Waals surface area contributed by atoms with E-state index in [0.717, 1.165) is 11.0 Å². The fourth-order valence-corrected chi connectivity index (χ4v) is 5.18. The molecule has 42 heavy (non-hydrogen) atoms. The number of likely N-dealkylation sites (tertiary alicyclic amines) is 1. The van der Waals surface area contributed by atoms with Crippen LogP contribution in [0.3, 0.4) is 0 Å². The number of methoxy groups -OCH3 is 1. The van der Waals surface area contributed by atoms with Crippen LogP contribution in [0.2, 0.25) is 0 Å². The molecular weight excluding hydrogens is 551 g/mol. The molecule has 0 spiro atoms. The minimum atomic E-state index is -4.89. The second kappa shape index (κ2) is 11.4. The highest BCUT2D eigenvalue weighted by atomic mass is 19.4. The molecule has 2 atom stereocenters. The number of rotatable bonds is 6. The number of nitrogens with zero attached hydrogens (tertiary/aromatic N) is 5. The molecule has 3 heterocycles. The number of hydrogen-bond donors (Lipinski definition) is 0. The zero-order chi connectivity index (χ0) is 40.1. The van der Waals surface area contributed by atoms with Crippen LogP contribution in [0.5, 0.6) is 5.75 Å². The number of benzene rings is 1. The minimum Gasteiger partial charge on any atom is -0.496 e. The second-order valence-electron chi connectivity index (χ2n) is 11.5. The molecule has 2 amide bonds. The average Bonchev–Trinajstić information content (AvgIpc) is 3.58. The molecule has 1 aromatic carbocycles. The number of carbonyl (C=O) groups is 2. The summed E-state index contributed by atoms with van der Waals surface area (Å²) in [4.78, 5) is 28.4. The first-order chi connectivity index (χ1) is 23.9. The molecule has 1 aliphatic carbocycles. The highest BCUT2D eigenvalue weighted by molar-refractivity contribution is 5.77. The Balaban J connectivity index is 1.65. The molecule has 0 bridgehead atoms. The van der Waals surface area contributed by atoms with Crippen LogP contribution in [0.1, 0.15) is 89.6 Å². The molecule has 5 rings (SSSR count). The summed E-state index contributed by atoms with van der Waals surface area (Å²) in [5.41, 5.74) is -2.24. The van der Waals surface area contributed by atoms with Crippen molar-refractivity contribution in [2.45, 2.75) is 83.3 Å². The molecule has 9 nitrogen and oxygen atoms in total. The van der Waals surface area contributed by atoms with E-state index >= 15 is 0 Å². The largest absolute Gasteiger partial charge is 0.496 e. The maximum absolute atomic E-state index is 14.1. The van der Waals surface area contributed by atoms with E-state index in [0.29, 0.717) is 17.5 Å². The van der Waals surface area contributed by atoms with Gasteiger partial charge < -0.3 is 19.3 Å². The van der Waals surface area contributed by atoms with Crippen molar-refractivity contribution >= 4 is 12.0 Å². The Hall–Kier alpha value is -3.28. The van der Waals surface area contributed by atoms with E-state index in [1.165, 1.54) is 45.9 Å². The van der Waals surface area contributed by atoms with Gasteiger partial charge in [0.15, 0.2) is 0 Å². The van der Waals surface area contributed by atoms with Gasteiger partial charge in [-0.3, -0.25) is 14.4 Å². The summed E-state index contributed by atoms with van der Waals surface area (Å²) in [5.74, 6) is -1.39. The highest BCUT2D eigenvalue weighted by Gasteiger charge is 2.44. The van der Waals surface area contributed by atoms with Crippen LogP contribution >= 0.6 is 0 Å². The average molecular weight is 603 g/mol. The summed E-state index contributed by atoms with van der Waals surface area (Å²) in [6.45, 7) is -10.1. The van der Waals surface area contributed by atoms with E-state index in [2.05, 4.69) is 5.10 Å². The van der Waals surface area contributed by atoms with E-state index < -0.39 is 81.1 Å². The van der Waals surface area contributed by atoms with Gasteiger partial charge in [-0.25, -0.2) is 4.79 Å². The zero-order valence-electron chi connectivity index (χ0n) is 34.6. The van der Waals surface area contributed by atoms with Crippen molar-refractivity contribution < 1.29 is 47.3 Å². The molecule has 3 fully saturated rings. The molecule has 3 aliphatic rings. The van der Waals surface area contributed by atoms with Gasteiger partial charge in [0.05, 0.1) is 28.4 Å². The molecule has 0 N–H and O–H groups in total. The van der Waals surface area contributed by atoms with Crippen molar-refractivity contribution in [3.05, 3.63) is 46.8 Å². The normalized spacial score (nSPS) is 31.0. The lowest BCUT2D eigenvalue weighted by atomic mass is 9.93. The molecular formula is C30H40F3N5O4. The SMILES string of the molecule is [2H]C([2H])([2H])Oc1cccc([C@H]2[C@@H](N3C([2H])([2H])C([2H])([2H])N(C(=O)OC(C)(C)C)C([2H])([2H])C3([2H])[2H])CCN2C(=O)Cn2nc(C3CC3)cc2C(F)(F)F)c1C. The maximum Gasteiger partial charge on any atom is 0.433 e. The van der Waals surface area contributed by atoms with Crippen molar-refractivity contribution in [3.8, 4) is 5.75 Å². The first-order valence-electron chi connectivity index (χ1n) is 19.0. The Bertz CT molecular complexity index is 1730. The second-order valence-corrected chi connectivity index (χ2v) is 11.5. The molecule has 0 unspecified atom stereocenters. The van der Waals surface area contributed by atoms with Crippen molar-refractivity contribution in [1.82, 2.24) is 24.5 Å². The third kappa shape index (κ3) is 6.38. The third-order valence-electron chi connectivity index (χ3n) is 7.28. The van der Waals surface area contributed by atoms with E-state index in [1.807, 2.05) is 0 Å². The Kier molecular flexibility index (Phi) is 5.19. The summed E-state index contributed by atoms with van der Waals surface area (Å²) in [6.07, 6.45) is -5.69. The van der Waals surface area contributed by atoms with Crippen molar-refractivity contribution in [2.75, 3.05) is 39.6 Å². The van der Waals surface area contributed by atoms with E-state index in [1.54, 1.807) is 0 Å². The number of piperazine rings is 1. The number of halogens is 3. The topological polar surface area (TPSA) is 80.1 Å². The molecule has 12 heteroatoms. The molecule has 1 aromatic heterocycles. The fraction of sp³-hybridized carbons (Fsp3) is 0.633. The Morgan fingerprint density at radius 3 is 2.45 bits per heavy atom. The lowest BCUT2D eigenvalue weighted by Gasteiger charge is -2.41. The van der Waals surface area contributed by atoms with E-state index in [-0.39, 0.29) is 51.3 Å². The summed E-state index contributed by atoms with van der Waals surface area (Å²) in [5, 5.41) is 4.05. The van der Waals surface area contributed by atoms with Crippen molar-refractivity contribution in [2.24, 2.45) is 0 Å². The maximum atomic E-state index is 14.1. The number of ether oxygens (including phenoxy) is 2. The monoisotopic (exact) mass is 602 g/mol. The molecule has 2 aliphatic heterocycles. The van der Waals surface area contributed by atoms with E-state index in [9.17, 15) is 22.8 Å². The quantitative estimate of drug-likeness (QED) is 0.464. The number of aromatic nitrogens is 2. The van der Waals surface area contributed by atoms with Gasteiger partial charge in [0, 0.05) is 50.0 Å². The molecule has 230 valence electrons. The standard InChI is InChI=1S/C30H40F3N5O4/c1-19-21(7-6-8-24(19)41-5)27-23(35-13-15-36(16-14-35)28(40)42-29(2,3)4)11-12-37(27)26(39)18-38-25(30(31,32)33)17-22(34-38)20-9-10-20/h6-8,17,20,23,27H,9-16,18H2,1-5H3/t23-,27-/m0/s1/i5D3,13D2,14D2,15D2,16D2. The third-order valence-corrected chi connectivity index (χ3v) is 7.28.